The Morgan fingerprint density at radius 1 is 0.239 bits per heavy atom. The molecule has 0 N–H and O–H groups in total. The van der Waals surface area contributed by atoms with E-state index in [1.165, 1.54) is 93.9 Å². The summed E-state index contributed by atoms with van der Waals surface area (Å²) in [6, 6.07) is 0. The summed E-state index contributed by atoms with van der Waals surface area (Å²) in [6.45, 7) is 1.91. The van der Waals surface area contributed by atoms with Crippen molar-refractivity contribution in [1.82, 2.24) is 19.6 Å². The van der Waals surface area contributed by atoms with Crippen molar-refractivity contribution in [2.75, 3.05) is 26.2 Å². The molecule has 0 saturated heterocycles. The average molecular weight is 637 g/mol. The second-order valence-electron chi connectivity index (χ2n) is 11.6. The molecule has 4 aliphatic rings. The number of carbonyl (C=O) groups is 8. The van der Waals surface area contributed by atoms with Crippen LogP contribution in [0.15, 0.2) is 48.6 Å². The highest BCUT2D eigenvalue weighted by Gasteiger charge is 2.25. The normalized spacial score (nSPS) is 17.2. The van der Waals surface area contributed by atoms with Crippen molar-refractivity contribution in [2.45, 2.75) is 89.9 Å². The van der Waals surface area contributed by atoms with Crippen LogP contribution in [0.5, 0.6) is 0 Å². The first-order chi connectivity index (χ1) is 22.2. The Hall–Kier alpha value is -4.48. The zero-order valence-corrected chi connectivity index (χ0v) is 26.4. The second-order valence-corrected chi connectivity index (χ2v) is 11.6. The number of hydrogen-bond acceptors (Lipinski definition) is 8. The Balaban J connectivity index is 0.000000259. The molecule has 4 rings (SSSR count). The zero-order valence-electron chi connectivity index (χ0n) is 26.4. The van der Waals surface area contributed by atoms with Gasteiger partial charge in [-0.1, -0.05) is 64.2 Å². The minimum absolute atomic E-state index is 0.190. The Morgan fingerprint density at radius 2 is 0.370 bits per heavy atom. The molecule has 0 saturated carbocycles. The molecule has 12 heteroatoms. The van der Waals surface area contributed by atoms with Gasteiger partial charge in [0.1, 0.15) is 0 Å². The topological polar surface area (TPSA) is 150 Å². The van der Waals surface area contributed by atoms with Crippen LogP contribution in [0.3, 0.4) is 0 Å². The molecule has 46 heavy (non-hydrogen) atoms. The van der Waals surface area contributed by atoms with E-state index >= 15 is 0 Å². The first kappa shape index (κ1) is 36.0. The minimum Gasteiger partial charge on any atom is -0.275 e. The van der Waals surface area contributed by atoms with Crippen LogP contribution in [0, 0.1) is 0 Å². The number of amides is 8. The molecular weight excluding hydrogens is 592 g/mol. The van der Waals surface area contributed by atoms with Crippen LogP contribution in [0.25, 0.3) is 0 Å². The van der Waals surface area contributed by atoms with Gasteiger partial charge in [-0.25, -0.2) is 0 Å². The maximum atomic E-state index is 11.4. The SMILES string of the molecule is O=C1C=CC(=O)N1CCCCCCCCCCCCN1C(=O)C=CC1=O.O=C1C=CC(=O)N1CCCCCCN1C(=O)C=CC1=O. The fraction of sp³-hybridized carbons (Fsp3) is 0.529. The Labute approximate surface area is 269 Å². The molecule has 0 aromatic carbocycles. The highest BCUT2D eigenvalue weighted by Crippen LogP contribution is 2.14. The molecule has 0 aliphatic carbocycles. The van der Waals surface area contributed by atoms with E-state index in [2.05, 4.69) is 0 Å². The first-order valence-corrected chi connectivity index (χ1v) is 16.3. The van der Waals surface area contributed by atoms with Gasteiger partial charge in [0.15, 0.2) is 0 Å². The molecular formula is C34H44N4O8. The van der Waals surface area contributed by atoms with Gasteiger partial charge < -0.3 is 0 Å². The van der Waals surface area contributed by atoms with Crippen molar-refractivity contribution >= 4 is 47.3 Å². The van der Waals surface area contributed by atoms with Crippen molar-refractivity contribution < 1.29 is 38.4 Å². The summed E-state index contributed by atoms with van der Waals surface area (Å²) in [7, 11) is 0. The fourth-order valence-electron chi connectivity index (χ4n) is 5.45. The molecule has 248 valence electrons. The molecule has 0 atom stereocenters. The molecule has 12 nitrogen and oxygen atoms in total. The number of carbonyl (C=O) groups excluding carboxylic acids is 8. The van der Waals surface area contributed by atoms with Crippen molar-refractivity contribution in [3.63, 3.8) is 0 Å². The molecule has 0 radical (unpaired) electrons. The van der Waals surface area contributed by atoms with E-state index in [1.54, 1.807) is 0 Å². The van der Waals surface area contributed by atoms with Crippen molar-refractivity contribution in [1.29, 1.82) is 0 Å². The summed E-state index contributed by atoms with van der Waals surface area (Å²) >= 11 is 0. The van der Waals surface area contributed by atoms with Crippen LogP contribution in [0.2, 0.25) is 0 Å². The molecule has 0 aromatic rings. The van der Waals surface area contributed by atoms with Crippen LogP contribution in [0.4, 0.5) is 0 Å². The summed E-state index contributed by atoms with van der Waals surface area (Å²) in [5.41, 5.74) is 0. The number of rotatable bonds is 20. The van der Waals surface area contributed by atoms with Gasteiger partial charge in [0, 0.05) is 74.8 Å². The maximum Gasteiger partial charge on any atom is 0.253 e. The van der Waals surface area contributed by atoms with Gasteiger partial charge in [0.05, 0.1) is 0 Å². The van der Waals surface area contributed by atoms with Crippen LogP contribution in [-0.2, 0) is 38.4 Å². The predicted octanol–water partition coefficient (Wildman–Crippen LogP) is 3.13. The number of nitrogens with zero attached hydrogens (tertiary/aromatic N) is 4. The van der Waals surface area contributed by atoms with Crippen molar-refractivity contribution in [2.24, 2.45) is 0 Å². The first-order valence-electron chi connectivity index (χ1n) is 16.3. The fourth-order valence-corrected chi connectivity index (χ4v) is 5.45. The van der Waals surface area contributed by atoms with Gasteiger partial charge >= 0.3 is 0 Å². The lowest BCUT2D eigenvalue weighted by atomic mass is 10.1. The van der Waals surface area contributed by atoms with Gasteiger partial charge in [-0.3, -0.25) is 58.0 Å². The monoisotopic (exact) mass is 636 g/mol. The number of unbranched alkanes of at least 4 members (excludes halogenated alkanes) is 12. The lowest BCUT2D eigenvalue weighted by Gasteiger charge is -2.14. The average Bonchev–Trinajstić information content (AvgIpc) is 3.75. The molecule has 0 aromatic heterocycles. The summed E-state index contributed by atoms with van der Waals surface area (Å²) in [5, 5.41) is 0. The van der Waals surface area contributed by atoms with Gasteiger partial charge in [-0.05, 0) is 25.7 Å². The smallest absolute Gasteiger partial charge is 0.253 e. The predicted molar refractivity (Wildman–Crippen MR) is 168 cm³/mol. The van der Waals surface area contributed by atoms with E-state index in [1.807, 2.05) is 0 Å². The molecule has 0 spiro atoms. The van der Waals surface area contributed by atoms with E-state index < -0.39 is 0 Å². The summed E-state index contributed by atoms with van der Waals surface area (Å²) < 4.78 is 0. The van der Waals surface area contributed by atoms with Crippen LogP contribution >= 0.6 is 0 Å². The summed E-state index contributed by atoms with van der Waals surface area (Å²) in [4.78, 5) is 95.7. The summed E-state index contributed by atoms with van der Waals surface area (Å²) in [5.74, 6) is -1.78. The Morgan fingerprint density at radius 3 is 0.522 bits per heavy atom. The van der Waals surface area contributed by atoms with E-state index in [0.717, 1.165) is 64.2 Å². The molecule has 4 aliphatic heterocycles. The van der Waals surface area contributed by atoms with Crippen LogP contribution in [0.1, 0.15) is 89.9 Å². The lowest BCUT2D eigenvalue weighted by Crippen LogP contribution is -2.31. The summed E-state index contributed by atoms with van der Waals surface area (Å²) in [6.07, 6.45) is 24.5. The molecule has 0 bridgehead atoms. The van der Waals surface area contributed by atoms with Crippen LogP contribution < -0.4 is 0 Å². The highest BCUT2D eigenvalue weighted by molar-refractivity contribution is 6.14. The maximum absolute atomic E-state index is 11.4. The third-order valence-electron chi connectivity index (χ3n) is 8.13. The van der Waals surface area contributed by atoms with Crippen molar-refractivity contribution in [3.05, 3.63) is 48.6 Å². The molecule has 0 unspecified atom stereocenters. The van der Waals surface area contributed by atoms with E-state index in [4.69, 9.17) is 0 Å². The lowest BCUT2D eigenvalue weighted by molar-refractivity contribution is -0.138. The van der Waals surface area contributed by atoms with E-state index in [-0.39, 0.29) is 47.3 Å². The standard InChI is InChI=1S/C20H28N2O4.C14H16N2O4/c23-17-11-12-18(24)21(17)15-9-7-5-3-1-2-4-6-8-10-16-22-19(25)13-14-20(22)26;17-11-5-6-12(18)15(11)9-3-1-2-4-10-16-13(19)7-8-14(16)20/h11-14H,1-10,15-16H2;5-8H,1-4,9-10H2. The van der Waals surface area contributed by atoms with E-state index in [9.17, 15) is 38.4 Å². The largest absolute Gasteiger partial charge is 0.275 e. The second kappa shape index (κ2) is 19.1. The van der Waals surface area contributed by atoms with Gasteiger partial charge in [0.2, 0.25) is 0 Å². The highest BCUT2D eigenvalue weighted by atomic mass is 16.2. The van der Waals surface area contributed by atoms with Crippen molar-refractivity contribution in [3.8, 4) is 0 Å². The number of imide groups is 4. The Bertz CT molecular complexity index is 1130. The molecule has 8 amide bonds. The number of hydrogen-bond donors (Lipinski definition) is 0. The molecule has 4 heterocycles. The van der Waals surface area contributed by atoms with Gasteiger partial charge in [-0.15, -0.1) is 0 Å². The quantitative estimate of drug-likeness (QED) is 0.146. The molecule has 0 fully saturated rings. The van der Waals surface area contributed by atoms with Gasteiger partial charge in [-0.2, -0.15) is 0 Å². The Kier molecular flexibility index (Phi) is 15.0. The third kappa shape index (κ3) is 11.5. The minimum atomic E-state index is -0.255. The van der Waals surface area contributed by atoms with E-state index in [0.29, 0.717) is 26.2 Å². The third-order valence-corrected chi connectivity index (χ3v) is 8.13. The zero-order chi connectivity index (χ0) is 33.3. The van der Waals surface area contributed by atoms with Crippen LogP contribution in [-0.4, -0.2) is 93.0 Å². The van der Waals surface area contributed by atoms with Gasteiger partial charge in [0.25, 0.3) is 47.3 Å².